The lowest BCUT2D eigenvalue weighted by Crippen LogP contribution is -2.50. The Kier molecular flexibility index (Phi) is 4.55. The highest BCUT2D eigenvalue weighted by atomic mass is 16.4. The maximum atomic E-state index is 12.8. The van der Waals surface area contributed by atoms with Crippen LogP contribution in [-0.2, 0) is 0 Å². The van der Waals surface area contributed by atoms with Gasteiger partial charge in [0.05, 0.1) is 22.6 Å². The van der Waals surface area contributed by atoms with Crippen molar-refractivity contribution in [3.63, 3.8) is 0 Å². The second-order valence-electron chi connectivity index (χ2n) is 8.00. The van der Waals surface area contributed by atoms with E-state index in [1.807, 2.05) is 48.8 Å². The van der Waals surface area contributed by atoms with E-state index < -0.39 is 0 Å². The molecule has 1 fully saturated rings. The zero-order chi connectivity index (χ0) is 20.8. The molecule has 7 heteroatoms. The fraction of sp³-hybridized carbons (Fsp3) is 0.348. The van der Waals surface area contributed by atoms with Crippen molar-refractivity contribution in [2.75, 3.05) is 24.5 Å². The number of aryl methyl sites for hydroxylation is 2. The van der Waals surface area contributed by atoms with Gasteiger partial charge in [0.1, 0.15) is 5.58 Å². The Hall–Kier alpha value is -3.19. The predicted molar refractivity (Wildman–Crippen MR) is 118 cm³/mol. The first-order valence-corrected chi connectivity index (χ1v) is 10.4. The second-order valence-corrected chi connectivity index (χ2v) is 8.00. The fourth-order valence-corrected chi connectivity index (χ4v) is 4.24. The summed E-state index contributed by atoms with van der Waals surface area (Å²) < 4.78 is 7.63. The summed E-state index contributed by atoms with van der Waals surface area (Å²) in [5.74, 6) is 0. The van der Waals surface area contributed by atoms with Crippen molar-refractivity contribution in [2.24, 2.45) is 0 Å². The molecular weight excluding hydrogens is 378 g/mol. The highest BCUT2D eigenvalue weighted by Gasteiger charge is 2.19. The Morgan fingerprint density at radius 3 is 2.90 bits per heavy atom. The molecule has 0 bridgehead atoms. The maximum absolute atomic E-state index is 12.8. The van der Waals surface area contributed by atoms with Crippen molar-refractivity contribution in [1.29, 1.82) is 0 Å². The molecule has 1 aliphatic rings. The van der Waals surface area contributed by atoms with E-state index in [0.717, 1.165) is 54.2 Å². The molecule has 0 saturated carbocycles. The number of aromatic nitrogens is 3. The average molecular weight is 403 g/mol. The number of nitrogens with zero attached hydrogens (tertiary/aromatic N) is 4. The molecule has 0 radical (unpaired) electrons. The van der Waals surface area contributed by atoms with Crippen LogP contribution in [0.4, 0.5) is 5.69 Å². The van der Waals surface area contributed by atoms with Gasteiger partial charge in [-0.1, -0.05) is 6.92 Å². The normalized spacial score (nSPS) is 17.2. The van der Waals surface area contributed by atoms with Crippen LogP contribution in [0, 0.1) is 13.8 Å². The first kappa shape index (κ1) is 18.8. The largest absolute Gasteiger partial charge is 0.422 e. The molecule has 1 saturated heterocycles. The summed E-state index contributed by atoms with van der Waals surface area (Å²) >= 11 is 0. The molecule has 1 N–H and O–H groups in total. The van der Waals surface area contributed by atoms with Gasteiger partial charge in [-0.15, -0.1) is 0 Å². The third-order valence-electron chi connectivity index (χ3n) is 5.83. The van der Waals surface area contributed by atoms with Gasteiger partial charge in [0.15, 0.2) is 5.65 Å². The molecule has 1 atom stereocenters. The van der Waals surface area contributed by atoms with Gasteiger partial charge in [0.25, 0.3) is 0 Å². The molecule has 1 aromatic carbocycles. The molecule has 0 amide bonds. The van der Waals surface area contributed by atoms with Crippen molar-refractivity contribution in [3.05, 3.63) is 58.5 Å². The smallest absolute Gasteiger partial charge is 0.345 e. The van der Waals surface area contributed by atoms with Gasteiger partial charge < -0.3 is 19.0 Å². The highest BCUT2D eigenvalue weighted by molar-refractivity contribution is 5.84. The van der Waals surface area contributed by atoms with Crippen molar-refractivity contribution in [2.45, 2.75) is 33.2 Å². The van der Waals surface area contributed by atoms with Gasteiger partial charge in [0, 0.05) is 55.2 Å². The molecular formula is C23H25N5O2. The van der Waals surface area contributed by atoms with Crippen LogP contribution in [0.1, 0.15) is 24.7 Å². The maximum Gasteiger partial charge on any atom is 0.345 e. The molecule has 0 spiro atoms. The number of hydrogen-bond acceptors (Lipinski definition) is 6. The van der Waals surface area contributed by atoms with E-state index in [1.54, 1.807) is 0 Å². The summed E-state index contributed by atoms with van der Waals surface area (Å²) in [6.07, 6.45) is 4.86. The summed E-state index contributed by atoms with van der Waals surface area (Å²) in [5, 5.41) is 4.42. The van der Waals surface area contributed by atoms with Crippen LogP contribution in [-0.4, -0.2) is 40.0 Å². The molecule has 3 aromatic heterocycles. The van der Waals surface area contributed by atoms with Crippen LogP contribution in [0.25, 0.3) is 27.9 Å². The zero-order valence-corrected chi connectivity index (χ0v) is 17.5. The van der Waals surface area contributed by atoms with Crippen LogP contribution >= 0.6 is 0 Å². The van der Waals surface area contributed by atoms with E-state index in [1.165, 1.54) is 0 Å². The number of piperazine rings is 1. The molecule has 5 rings (SSSR count). The average Bonchev–Trinajstić information content (AvgIpc) is 3.17. The molecule has 1 unspecified atom stereocenters. The number of imidazole rings is 1. The number of rotatable bonds is 3. The van der Waals surface area contributed by atoms with E-state index >= 15 is 0 Å². The molecule has 0 aliphatic carbocycles. The minimum absolute atomic E-state index is 0.378. The van der Waals surface area contributed by atoms with Crippen LogP contribution in [0.5, 0.6) is 0 Å². The van der Waals surface area contributed by atoms with Gasteiger partial charge in [-0.05, 0) is 38.5 Å². The van der Waals surface area contributed by atoms with Crippen molar-refractivity contribution in [1.82, 2.24) is 19.7 Å². The number of anilines is 1. The molecule has 30 heavy (non-hydrogen) atoms. The first-order chi connectivity index (χ1) is 14.5. The van der Waals surface area contributed by atoms with Crippen LogP contribution in [0.3, 0.4) is 0 Å². The monoisotopic (exact) mass is 403 g/mol. The second kappa shape index (κ2) is 7.25. The molecule has 7 nitrogen and oxygen atoms in total. The summed E-state index contributed by atoms with van der Waals surface area (Å²) in [7, 11) is 0. The molecule has 154 valence electrons. The Morgan fingerprint density at radius 2 is 2.07 bits per heavy atom. The third kappa shape index (κ3) is 3.25. The van der Waals surface area contributed by atoms with Crippen LogP contribution in [0.2, 0.25) is 0 Å². The number of nitrogens with one attached hydrogen (secondary N) is 1. The minimum atomic E-state index is -0.378. The topological polar surface area (TPSA) is 75.7 Å². The molecule has 4 aromatic rings. The number of fused-ring (bicyclic) bond motifs is 2. The summed E-state index contributed by atoms with van der Waals surface area (Å²) in [4.78, 5) is 24.2. The number of benzene rings is 1. The zero-order valence-electron chi connectivity index (χ0n) is 17.5. The van der Waals surface area contributed by atoms with E-state index in [0.29, 0.717) is 22.9 Å². The third-order valence-corrected chi connectivity index (χ3v) is 5.83. The van der Waals surface area contributed by atoms with Crippen molar-refractivity contribution in [3.8, 4) is 11.3 Å². The lowest BCUT2D eigenvalue weighted by Gasteiger charge is -2.35. The standard InChI is InChI=1S/C23H25N5O2/c1-4-17-12-27(8-7-24-17)18-6-5-16-9-19(23(29)30-21(16)10-18)20-13-28-11-14(2)25-15(3)22(28)26-20/h5-6,9-11,13,17,24H,4,7-8,12H2,1-3H3. The van der Waals surface area contributed by atoms with E-state index in [2.05, 4.69) is 33.2 Å². The van der Waals surface area contributed by atoms with Crippen molar-refractivity contribution < 1.29 is 4.42 Å². The minimum Gasteiger partial charge on any atom is -0.422 e. The van der Waals surface area contributed by atoms with E-state index in [9.17, 15) is 4.79 Å². The Bertz CT molecular complexity index is 1310. The van der Waals surface area contributed by atoms with E-state index in [-0.39, 0.29) is 5.63 Å². The van der Waals surface area contributed by atoms with Crippen molar-refractivity contribution >= 4 is 22.3 Å². The van der Waals surface area contributed by atoms with Gasteiger partial charge in [-0.2, -0.15) is 0 Å². The molecule has 4 heterocycles. The van der Waals surface area contributed by atoms with E-state index in [4.69, 9.17) is 4.42 Å². The van der Waals surface area contributed by atoms with Gasteiger partial charge in [-0.3, -0.25) is 4.98 Å². The van der Waals surface area contributed by atoms with Crippen LogP contribution < -0.4 is 15.8 Å². The molecule has 1 aliphatic heterocycles. The quantitative estimate of drug-likeness (QED) is 0.529. The Labute approximate surface area is 174 Å². The summed E-state index contributed by atoms with van der Waals surface area (Å²) in [5.41, 5.74) is 4.85. The highest BCUT2D eigenvalue weighted by Crippen LogP contribution is 2.26. The predicted octanol–water partition coefficient (Wildman–Crippen LogP) is 3.31. The fourth-order valence-electron chi connectivity index (χ4n) is 4.24. The lowest BCUT2D eigenvalue weighted by molar-refractivity contribution is 0.447. The first-order valence-electron chi connectivity index (χ1n) is 10.4. The summed E-state index contributed by atoms with van der Waals surface area (Å²) in [6, 6.07) is 8.45. The number of hydrogen-bond donors (Lipinski definition) is 1. The Morgan fingerprint density at radius 1 is 1.20 bits per heavy atom. The lowest BCUT2D eigenvalue weighted by atomic mass is 10.1. The van der Waals surface area contributed by atoms with Gasteiger partial charge in [0.2, 0.25) is 0 Å². The van der Waals surface area contributed by atoms with Gasteiger partial charge in [-0.25, -0.2) is 9.78 Å². The summed E-state index contributed by atoms with van der Waals surface area (Å²) in [6.45, 7) is 8.91. The van der Waals surface area contributed by atoms with Crippen LogP contribution in [0.15, 0.2) is 45.9 Å². The SMILES string of the molecule is CCC1CN(c2ccc3cc(-c4cn5cc(C)nc(C)c5n4)c(=O)oc3c2)CCN1. The Balaban J connectivity index is 1.55. The van der Waals surface area contributed by atoms with Gasteiger partial charge >= 0.3 is 5.63 Å².